The van der Waals surface area contributed by atoms with E-state index >= 15 is 0 Å². The monoisotopic (exact) mass is 529 g/mol. The summed E-state index contributed by atoms with van der Waals surface area (Å²) in [6.07, 6.45) is 4.58. The highest BCUT2D eigenvalue weighted by Crippen LogP contribution is 2.39. The number of hydrogen-bond acceptors (Lipinski definition) is 8. The van der Waals surface area contributed by atoms with Gasteiger partial charge in [0.2, 0.25) is 5.91 Å². The number of likely N-dealkylation sites (tertiary alicyclic amines) is 1. The van der Waals surface area contributed by atoms with Crippen molar-refractivity contribution < 1.29 is 19.1 Å². The number of nitrogens with zero attached hydrogens (tertiary/aromatic N) is 3. The van der Waals surface area contributed by atoms with Gasteiger partial charge in [0.15, 0.2) is 0 Å². The van der Waals surface area contributed by atoms with Gasteiger partial charge < -0.3 is 25.4 Å². The van der Waals surface area contributed by atoms with Gasteiger partial charge in [-0.25, -0.2) is 14.8 Å². The molecule has 4 heterocycles. The Kier molecular flexibility index (Phi) is 6.21. The number of pyridine rings is 2. The molecule has 1 saturated heterocycles. The van der Waals surface area contributed by atoms with Crippen LogP contribution in [-0.4, -0.2) is 51.5 Å². The first-order valence-corrected chi connectivity index (χ1v) is 13.8. The second-order valence-electron chi connectivity index (χ2n) is 11.5. The predicted octanol–water partition coefficient (Wildman–Crippen LogP) is 4.84. The Morgan fingerprint density at radius 3 is 2.69 bits per heavy atom. The maximum absolute atomic E-state index is 12.5. The first kappa shape index (κ1) is 25.6. The van der Waals surface area contributed by atoms with Crippen molar-refractivity contribution >= 4 is 34.3 Å². The number of rotatable bonds is 7. The summed E-state index contributed by atoms with van der Waals surface area (Å²) in [5.41, 5.74) is 8.06. The molecule has 9 nitrogen and oxygen atoms in total. The summed E-state index contributed by atoms with van der Waals surface area (Å²) >= 11 is 0. The molecule has 204 valence electrons. The summed E-state index contributed by atoms with van der Waals surface area (Å²) < 4.78 is 11.9. The number of esters is 1. The van der Waals surface area contributed by atoms with E-state index in [1.165, 1.54) is 0 Å². The number of nitrogens with two attached hydrogens (primary N) is 1. The van der Waals surface area contributed by atoms with Gasteiger partial charge in [0.25, 0.3) is 0 Å². The zero-order valence-electron chi connectivity index (χ0n) is 22.9. The summed E-state index contributed by atoms with van der Waals surface area (Å²) in [7, 11) is 0. The third-order valence-electron chi connectivity index (χ3n) is 8.32. The van der Waals surface area contributed by atoms with Crippen molar-refractivity contribution in [3.05, 3.63) is 53.3 Å². The second-order valence-corrected chi connectivity index (χ2v) is 11.5. The molecular weight excluding hydrogens is 494 g/mol. The minimum atomic E-state index is -0.638. The Morgan fingerprint density at radius 1 is 1.21 bits per heavy atom. The van der Waals surface area contributed by atoms with E-state index in [2.05, 4.69) is 17.2 Å². The lowest BCUT2D eigenvalue weighted by Gasteiger charge is -2.39. The first-order valence-electron chi connectivity index (χ1n) is 13.8. The lowest BCUT2D eigenvalue weighted by molar-refractivity contribution is -0.141. The van der Waals surface area contributed by atoms with E-state index in [0.29, 0.717) is 36.0 Å². The van der Waals surface area contributed by atoms with E-state index in [-0.39, 0.29) is 35.9 Å². The molecule has 1 unspecified atom stereocenters. The molecule has 1 aromatic carbocycles. The smallest absolute Gasteiger partial charge is 0.340 e. The molecule has 0 spiro atoms. The number of amides is 1. The van der Waals surface area contributed by atoms with Crippen LogP contribution in [0, 0.1) is 5.92 Å². The number of carbonyl (C=O) groups is 2. The molecule has 0 radical (unpaired) electrons. The number of hydrogen-bond donors (Lipinski definition) is 2. The average molecular weight is 530 g/mol. The van der Waals surface area contributed by atoms with Gasteiger partial charge >= 0.3 is 5.97 Å². The van der Waals surface area contributed by atoms with E-state index in [4.69, 9.17) is 20.2 Å². The zero-order chi connectivity index (χ0) is 27.5. The molecule has 9 heteroatoms. The van der Waals surface area contributed by atoms with Crippen LogP contribution in [0.5, 0.6) is 5.75 Å². The maximum Gasteiger partial charge on any atom is 0.340 e. The Morgan fingerprint density at radius 2 is 1.97 bits per heavy atom. The molecule has 2 atom stereocenters. The van der Waals surface area contributed by atoms with Gasteiger partial charge in [0.05, 0.1) is 24.3 Å². The zero-order valence-corrected chi connectivity index (χ0v) is 22.9. The molecule has 1 saturated carbocycles. The van der Waals surface area contributed by atoms with Crippen molar-refractivity contribution in [3.63, 3.8) is 0 Å². The minimum absolute atomic E-state index is 0.0305. The number of carbonyl (C=O) groups excluding carboxylic acids is 2. The topological polar surface area (TPSA) is 120 Å². The van der Waals surface area contributed by atoms with Crippen molar-refractivity contribution in [3.8, 4) is 5.75 Å². The molecule has 39 heavy (non-hydrogen) atoms. The van der Waals surface area contributed by atoms with Gasteiger partial charge in [-0.1, -0.05) is 19.9 Å². The SMILES string of the molecule is CCC(N)c1ccc(OC2CN(C(=O)C3CC3)C2)c2cnc(Nc3ccc4c(n3)[C@@H](C)C(C)(C)OC4=O)cc12. The number of ether oxygens (including phenoxy) is 2. The lowest BCUT2D eigenvalue weighted by atomic mass is 9.84. The minimum Gasteiger partial charge on any atom is -0.486 e. The molecule has 2 aliphatic heterocycles. The molecule has 3 aromatic rings. The first-order chi connectivity index (χ1) is 18.6. The molecule has 6 rings (SSSR count). The van der Waals surface area contributed by atoms with Crippen molar-refractivity contribution in [2.24, 2.45) is 11.7 Å². The lowest BCUT2D eigenvalue weighted by Crippen LogP contribution is -2.56. The Labute approximate surface area is 228 Å². The molecule has 1 amide bonds. The fourth-order valence-electron chi connectivity index (χ4n) is 5.30. The Hall–Kier alpha value is -3.72. The molecule has 2 aromatic heterocycles. The number of benzene rings is 1. The average Bonchev–Trinajstić information content (AvgIpc) is 3.74. The third kappa shape index (κ3) is 4.69. The standard InChI is InChI=1S/C30H35N5O4/c1-5-23(31)19-8-10-24(38-18-14-35(15-18)28(36)17-6-7-17)22-13-32-26(12-21(19)22)33-25-11-9-20-27(34-25)16(2)30(3,4)39-29(20)37/h8-13,16-18,23H,5-7,14-15,31H2,1-4H3,(H,32,33,34)/t16-,23?/m1/s1. The van der Waals surface area contributed by atoms with Gasteiger partial charge in [-0.3, -0.25) is 4.79 Å². The van der Waals surface area contributed by atoms with Gasteiger partial charge in [0, 0.05) is 29.5 Å². The van der Waals surface area contributed by atoms with E-state index in [9.17, 15) is 9.59 Å². The van der Waals surface area contributed by atoms with Crippen LogP contribution in [0.15, 0.2) is 36.5 Å². The summed E-state index contributed by atoms with van der Waals surface area (Å²) in [5.74, 6) is 2.02. The maximum atomic E-state index is 12.5. The van der Waals surface area contributed by atoms with Crippen LogP contribution in [0.4, 0.5) is 11.6 Å². The normalized spacial score (nSPS) is 21.1. The van der Waals surface area contributed by atoms with Crippen molar-refractivity contribution in [2.75, 3.05) is 18.4 Å². The summed E-state index contributed by atoms with van der Waals surface area (Å²) in [6, 6.07) is 9.33. The largest absolute Gasteiger partial charge is 0.486 e. The van der Waals surface area contributed by atoms with Gasteiger partial charge in [-0.05, 0) is 68.3 Å². The second kappa shape index (κ2) is 9.48. The van der Waals surface area contributed by atoms with Gasteiger partial charge in [-0.2, -0.15) is 0 Å². The van der Waals surface area contributed by atoms with Crippen LogP contribution in [0.3, 0.4) is 0 Å². The van der Waals surface area contributed by atoms with E-state index in [1.54, 1.807) is 18.3 Å². The van der Waals surface area contributed by atoms with Crippen LogP contribution >= 0.6 is 0 Å². The van der Waals surface area contributed by atoms with Gasteiger partial charge in [-0.15, -0.1) is 0 Å². The quantitative estimate of drug-likeness (QED) is 0.418. The van der Waals surface area contributed by atoms with E-state index in [1.807, 2.05) is 43.9 Å². The van der Waals surface area contributed by atoms with E-state index in [0.717, 1.165) is 41.3 Å². The highest BCUT2D eigenvalue weighted by molar-refractivity contribution is 5.94. The fourth-order valence-corrected chi connectivity index (χ4v) is 5.30. The van der Waals surface area contributed by atoms with Crippen molar-refractivity contribution in [2.45, 2.75) is 70.6 Å². The molecular formula is C30H35N5O4. The van der Waals surface area contributed by atoms with Crippen molar-refractivity contribution in [1.29, 1.82) is 0 Å². The predicted molar refractivity (Wildman–Crippen MR) is 148 cm³/mol. The molecule has 1 aliphatic carbocycles. The number of cyclic esters (lactones) is 1. The number of aromatic nitrogens is 2. The van der Waals surface area contributed by atoms with Crippen LogP contribution in [0.2, 0.25) is 0 Å². The van der Waals surface area contributed by atoms with Crippen molar-refractivity contribution in [1.82, 2.24) is 14.9 Å². The van der Waals surface area contributed by atoms with Crippen LogP contribution in [0.25, 0.3) is 10.8 Å². The highest BCUT2D eigenvalue weighted by Gasteiger charge is 2.41. The molecule has 2 fully saturated rings. The number of fused-ring (bicyclic) bond motifs is 2. The highest BCUT2D eigenvalue weighted by atomic mass is 16.6. The fraction of sp³-hybridized carbons (Fsp3) is 0.467. The van der Waals surface area contributed by atoms with Gasteiger partial charge in [0.1, 0.15) is 29.1 Å². The van der Waals surface area contributed by atoms with Crippen LogP contribution < -0.4 is 15.8 Å². The Bertz CT molecular complexity index is 1460. The van der Waals surface area contributed by atoms with Crippen LogP contribution in [0.1, 0.15) is 80.5 Å². The molecule has 3 aliphatic rings. The summed E-state index contributed by atoms with van der Waals surface area (Å²) in [4.78, 5) is 36.1. The molecule has 3 N–H and O–H groups in total. The van der Waals surface area contributed by atoms with E-state index < -0.39 is 5.60 Å². The third-order valence-corrected chi connectivity index (χ3v) is 8.32. The Balaban J connectivity index is 1.27. The number of nitrogens with one attached hydrogen (secondary N) is 1. The summed E-state index contributed by atoms with van der Waals surface area (Å²) in [6.45, 7) is 9.11. The number of anilines is 2. The summed E-state index contributed by atoms with van der Waals surface area (Å²) in [5, 5.41) is 5.15. The van der Waals surface area contributed by atoms with Crippen LogP contribution in [-0.2, 0) is 9.53 Å². The molecule has 0 bridgehead atoms.